The Balaban J connectivity index is 2.23. The fraction of sp³-hybridized carbons (Fsp3) is 0.778. The van der Waals surface area contributed by atoms with Crippen LogP contribution in [0.1, 0.15) is 39.0 Å². The van der Waals surface area contributed by atoms with Gasteiger partial charge in [0, 0.05) is 0 Å². The van der Waals surface area contributed by atoms with Gasteiger partial charge in [0.1, 0.15) is 0 Å². The van der Waals surface area contributed by atoms with Crippen LogP contribution in [0.25, 0.3) is 0 Å². The van der Waals surface area contributed by atoms with Crippen molar-refractivity contribution < 1.29 is 0 Å². The average Bonchev–Trinajstić information content (AvgIpc) is 1.91. The van der Waals surface area contributed by atoms with E-state index < -0.39 is 0 Å². The molecule has 0 radical (unpaired) electrons. The Hall–Kier alpha value is -0.260. The summed E-state index contributed by atoms with van der Waals surface area (Å²) in [7, 11) is 0. The first-order chi connectivity index (χ1) is 4.43. The van der Waals surface area contributed by atoms with E-state index in [1.165, 1.54) is 32.1 Å². The van der Waals surface area contributed by atoms with Gasteiger partial charge in [-0.25, -0.2) is 0 Å². The molecule has 0 aromatic rings. The summed E-state index contributed by atoms with van der Waals surface area (Å²) in [6.45, 7) is 2.12. The third-order valence-corrected chi connectivity index (χ3v) is 2.11. The Morgan fingerprint density at radius 1 is 1.11 bits per heavy atom. The molecule has 1 aliphatic rings. The van der Waals surface area contributed by atoms with Crippen LogP contribution in [0.3, 0.4) is 0 Å². The maximum Gasteiger partial charge on any atom is -0.0234 e. The van der Waals surface area contributed by atoms with Gasteiger partial charge in [-0.2, -0.15) is 0 Å². The fourth-order valence-corrected chi connectivity index (χ4v) is 1.60. The van der Waals surface area contributed by atoms with Crippen LogP contribution in [0.4, 0.5) is 0 Å². The molecule has 0 aromatic carbocycles. The Labute approximate surface area is 58.0 Å². The largest absolute Gasteiger partial charge is 0.0914 e. The molecule has 0 saturated heterocycles. The fourth-order valence-electron chi connectivity index (χ4n) is 1.60. The van der Waals surface area contributed by atoms with Crippen molar-refractivity contribution in [2.24, 2.45) is 5.92 Å². The van der Waals surface area contributed by atoms with E-state index in [0.717, 1.165) is 5.92 Å². The molecule has 0 aromatic heterocycles. The van der Waals surface area contributed by atoms with Crippen LogP contribution in [0.15, 0.2) is 12.2 Å². The first-order valence-electron chi connectivity index (χ1n) is 4.06. The van der Waals surface area contributed by atoms with Crippen molar-refractivity contribution in [1.82, 2.24) is 0 Å². The predicted octanol–water partition coefficient (Wildman–Crippen LogP) is 3.14. The number of hydrogen-bond acceptors (Lipinski definition) is 0. The second-order valence-corrected chi connectivity index (χ2v) is 2.92. The second-order valence-electron chi connectivity index (χ2n) is 2.92. The van der Waals surface area contributed by atoms with E-state index in [0.29, 0.717) is 0 Å². The molecule has 0 heteroatoms. The number of rotatable bonds is 1. The summed E-state index contributed by atoms with van der Waals surface area (Å²) in [6.07, 6.45) is 11.8. The monoisotopic (exact) mass is 124 g/mol. The van der Waals surface area contributed by atoms with Gasteiger partial charge >= 0.3 is 0 Å². The van der Waals surface area contributed by atoms with Crippen molar-refractivity contribution in [3.63, 3.8) is 0 Å². The van der Waals surface area contributed by atoms with Gasteiger partial charge in [0.2, 0.25) is 0 Å². The molecule has 0 aliphatic heterocycles. The van der Waals surface area contributed by atoms with E-state index in [2.05, 4.69) is 19.1 Å². The van der Waals surface area contributed by atoms with Crippen LogP contribution in [-0.2, 0) is 0 Å². The first kappa shape index (κ1) is 6.85. The Morgan fingerprint density at radius 3 is 2.33 bits per heavy atom. The highest BCUT2D eigenvalue weighted by Gasteiger charge is 2.08. The standard InChI is InChI=1S/C9H16/c1-2-6-9-7-4-3-5-8-9/h2,6,9H,3-5,7-8H2,1H3. The minimum Gasteiger partial charge on any atom is -0.0914 e. The molecule has 1 rings (SSSR count). The molecule has 0 amide bonds. The molecule has 0 unspecified atom stereocenters. The SMILES string of the molecule is CC=CC1CCCCC1. The van der Waals surface area contributed by atoms with E-state index >= 15 is 0 Å². The maximum atomic E-state index is 2.36. The zero-order valence-corrected chi connectivity index (χ0v) is 6.27. The summed E-state index contributed by atoms with van der Waals surface area (Å²) in [4.78, 5) is 0. The van der Waals surface area contributed by atoms with Gasteiger partial charge in [-0.05, 0) is 25.7 Å². The summed E-state index contributed by atoms with van der Waals surface area (Å²) < 4.78 is 0. The van der Waals surface area contributed by atoms with Crippen molar-refractivity contribution >= 4 is 0 Å². The molecule has 0 atom stereocenters. The van der Waals surface area contributed by atoms with E-state index in [-0.39, 0.29) is 0 Å². The van der Waals surface area contributed by atoms with E-state index in [9.17, 15) is 0 Å². The van der Waals surface area contributed by atoms with Gasteiger partial charge in [0.15, 0.2) is 0 Å². The van der Waals surface area contributed by atoms with Gasteiger partial charge in [-0.15, -0.1) is 0 Å². The highest BCUT2D eigenvalue weighted by atomic mass is 14.1. The van der Waals surface area contributed by atoms with Crippen LogP contribution < -0.4 is 0 Å². The normalized spacial score (nSPS) is 23.2. The lowest BCUT2D eigenvalue weighted by atomic mass is 9.89. The van der Waals surface area contributed by atoms with Crippen LogP contribution in [-0.4, -0.2) is 0 Å². The average molecular weight is 124 g/mol. The van der Waals surface area contributed by atoms with Gasteiger partial charge in [0.05, 0.1) is 0 Å². The van der Waals surface area contributed by atoms with Gasteiger partial charge in [-0.1, -0.05) is 31.4 Å². The molecule has 0 heterocycles. The molecule has 1 saturated carbocycles. The lowest BCUT2D eigenvalue weighted by Gasteiger charge is -2.17. The first-order valence-corrected chi connectivity index (χ1v) is 4.06. The topological polar surface area (TPSA) is 0 Å². The molecule has 1 fully saturated rings. The van der Waals surface area contributed by atoms with Crippen LogP contribution in [0.2, 0.25) is 0 Å². The zero-order valence-electron chi connectivity index (χ0n) is 6.27. The molecule has 1 aliphatic carbocycles. The number of allylic oxidation sites excluding steroid dienone is 2. The molecule has 9 heavy (non-hydrogen) atoms. The summed E-state index contributed by atoms with van der Waals surface area (Å²) >= 11 is 0. The molecule has 0 bridgehead atoms. The van der Waals surface area contributed by atoms with E-state index in [1.807, 2.05) is 0 Å². The van der Waals surface area contributed by atoms with Crippen molar-refractivity contribution in [3.05, 3.63) is 12.2 Å². The summed E-state index contributed by atoms with van der Waals surface area (Å²) in [5.74, 6) is 0.920. The molecule has 0 nitrogen and oxygen atoms in total. The molecule has 0 spiro atoms. The van der Waals surface area contributed by atoms with Crippen LogP contribution >= 0.6 is 0 Å². The second kappa shape index (κ2) is 3.71. The summed E-state index contributed by atoms with van der Waals surface area (Å²) in [5.41, 5.74) is 0. The smallest absolute Gasteiger partial charge is 0.0234 e. The summed E-state index contributed by atoms with van der Waals surface area (Å²) in [5, 5.41) is 0. The molecular formula is C9H16. The third kappa shape index (κ3) is 2.21. The van der Waals surface area contributed by atoms with Crippen LogP contribution in [0, 0.1) is 5.92 Å². The zero-order chi connectivity index (χ0) is 6.53. The maximum absolute atomic E-state index is 2.36. The lowest BCUT2D eigenvalue weighted by Crippen LogP contribution is -2.01. The van der Waals surface area contributed by atoms with E-state index in [4.69, 9.17) is 0 Å². The van der Waals surface area contributed by atoms with Crippen molar-refractivity contribution in [2.45, 2.75) is 39.0 Å². The number of hydrogen-bond donors (Lipinski definition) is 0. The Kier molecular flexibility index (Phi) is 2.82. The predicted molar refractivity (Wildman–Crippen MR) is 41.4 cm³/mol. The minimum absolute atomic E-state index is 0.920. The molecule has 52 valence electrons. The van der Waals surface area contributed by atoms with Crippen molar-refractivity contribution in [1.29, 1.82) is 0 Å². The van der Waals surface area contributed by atoms with Gasteiger partial charge in [0.25, 0.3) is 0 Å². The minimum atomic E-state index is 0.920. The van der Waals surface area contributed by atoms with Crippen molar-refractivity contribution in [2.75, 3.05) is 0 Å². The summed E-state index contributed by atoms with van der Waals surface area (Å²) in [6, 6.07) is 0. The highest BCUT2D eigenvalue weighted by Crippen LogP contribution is 2.24. The van der Waals surface area contributed by atoms with Crippen LogP contribution in [0.5, 0.6) is 0 Å². The van der Waals surface area contributed by atoms with E-state index in [1.54, 1.807) is 0 Å². The highest BCUT2D eigenvalue weighted by molar-refractivity contribution is 4.86. The Bertz CT molecular complexity index is 86.2. The van der Waals surface area contributed by atoms with Gasteiger partial charge < -0.3 is 0 Å². The molecular weight excluding hydrogens is 108 g/mol. The van der Waals surface area contributed by atoms with Crippen molar-refractivity contribution in [3.8, 4) is 0 Å². The third-order valence-electron chi connectivity index (χ3n) is 2.11. The molecule has 0 N–H and O–H groups in total. The quantitative estimate of drug-likeness (QED) is 0.471. The lowest BCUT2D eigenvalue weighted by molar-refractivity contribution is 0.419. The van der Waals surface area contributed by atoms with Gasteiger partial charge in [-0.3, -0.25) is 0 Å². The Morgan fingerprint density at radius 2 is 1.78 bits per heavy atom.